The molecule has 148 valence electrons. The van der Waals surface area contributed by atoms with E-state index in [0.717, 1.165) is 47.1 Å². The first-order valence-corrected chi connectivity index (χ1v) is 10.1. The number of carbonyl (C=O) groups excluding carboxylic acids is 1. The van der Waals surface area contributed by atoms with Crippen molar-refractivity contribution in [2.75, 3.05) is 7.11 Å². The maximum Gasteiger partial charge on any atom is 0.407 e. The van der Waals surface area contributed by atoms with Crippen LogP contribution in [0, 0.1) is 0 Å². The molecule has 0 unspecified atom stereocenters. The molecule has 27 heavy (non-hydrogen) atoms. The Bertz CT molecular complexity index is 815. The van der Waals surface area contributed by atoms with Gasteiger partial charge in [0.2, 0.25) is 0 Å². The van der Waals surface area contributed by atoms with E-state index in [4.69, 9.17) is 14.5 Å². The summed E-state index contributed by atoms with van der Waals surface area (Å²) in [5, 5.41) is 3.03. The number of aromatic nitrogens is 3. The molecule has 8 heteroatoms. The van der Waals surface area contributed by atoms with Gasteiger partial charge in [-0.2, -0.15) is 0 Å². The fourth-order valence-electron chi connectivity index (χ4n) is 3.67. The number of imidazole rings is 1. The lowest BCUT2D eigenvalue weighted by molar-refractivity contribution is 0.0485. The number of halogens is 1. The summed E-state index contributed by atoms with van der Waals surface area (Å²) < 4.78 is 13.8. The first-order valence-electron chi connectivity index (χ1n) is 9.27. The summed E-state index contributed by atoms with van der Waals surface area (Å²) in [6.07, 6.45) is 5.27. The van der Waals surface area contributed by atoms with Gasteiger partial charge in [0, 0.05) is 19.2 Å². The number of methoxy groups -OCH3 is 1. The number of nitrogens with zero attached hydrogens (tertiary/aromatic N) is 3. The highest BCUT2D eigenvalue weighted by Gasteiger charge is 2.29. The molecule has 1 aliphatic carbocycles. The lowest BCUT2D eigenvalue weighted by Gasteiger charge is -2.32. The molecular weight excluding hydrogens is 412 g/mol. The van der Waals surface area contributed by atoms with Crippen molar-refractivity contribution >= 4 is 33.1 Å². The van der Waals surface area contributed by atoms with E-state index in [-0.39, 0.29) is 18.2 Å². The SMILES string of the molecule is COCc1nc2cnc(Br)cc2n1[C@@H]1CCC[C@H](NC(=O)OC(C)(C)C)C1. The van der Waals surface area contributed by atoms with Crippen molar-refractivity contribution in [2.24, 2.45) is 0 Å². The predicted molar refractivity (Wildman–Crippen MR) is 107 cm³/mol. The van der Waals surface area contributed by atoms with Crippen LogP contribution in [0.1, 0.15) is 58.3 Å². The zero-order chi connectivity index (χ0) is 19.6. The van der Waals surface area contributed by atoms with Crippen LogP contribution in [-0.2, 0) is 16.1 Å². The molecular formula is C19H27BrN4O3. The predicted octanol–water partition coefficient (Wildman–Crippen LogP) is 4.35. The highest BCUT2D eigenvalue weighted by atomic mass is 79.9. The second-order valence-electron chi connectivity index (χ2n) is 7.99. The molecule has 2 aromatic heterocycles. The van der Waals surface area contributed by atoms with E-state index in [0.29, 0.717) is 6.61 Å². The molecule has 1 saturated carbocycles. The van der Waals surface area contributed by atoms with E-state index in [1.54, 1.807) is 13.3 Å². The number of pyridine rings is 1. The third kappa shape index (κ3) is 4.99. The Kier molecular flexibility index (Phi) is 6.05. The van der Waals surface area contributed by atoms with Gasteiger partial charge in [-0.05, 0) is 68.5 Å². The number of carbonyl (C=O) groups is 1. The topological polar surface area (TPSA) is 78.3 Å². The normalized spacial score (nSPS) is 20.6. The molecule has 0 saturated heterocycles. The number of amides is 1. The van der Waals surface area contributed by atoms with E-state index < -0.39 is 5.60 Å². The number of hydrogen-bond donors (Lipinski definition) is 1. The molecule has 1 fully saturated rings. The second-order valence-corrected chi connectivity index (χ2v) is 8.80. The lowest BCUT2D eigenvalue weighted by atomic mass is 9.90. The number of rotatable bonds is 4. The average Bonchev–Trinajstić information content (AvgIpc) is 2.90. The van der Waals surface area contributed by atoms with Crippen LogP contribution in [0.5, 0.6) is 0 Å². The smallest absolute Gasteiger partial charge is 0.407 e. The summed E-state index contributed by atoms with van der Waals surface area (Å²) in [5.41, 5.74) is 1.39. The monoisotopic (exact) mass is 438 g/mol. The van der Waals surface area contributed by atoms with Crippen LogP contribution in [0.2, 0.25) is 0 Å². The van der Waals surface area contributed by atoms with E-state index in [2.05, 4.69) is 30.8 Å². The molecule has 0 aromatic carbocycles. The van der Waals surface area contributed by atoms with Crippen LogP contribution in [0.25, 0.3) is 11.0 Å². The average molecular weight is 439 g/mol. The minimum Gasteiger partial charge on any atom is -0.444 e. The van der Waals surface area contributed by atoms with Crippen molar-refractivity contribution in [1.29, 1.82) is 0 Å². The summed E-state index contributed by atoms with van der Waals surface area (Å²) in [5.74, 6) is 0.885. The van der Waals surface area contributed by atoms with E-state index >= 15 is 0 Å². The quantitative estimate of drug-likeness (QED) is 0.717. The first-order chi connectivity index (χ1) is 12.8. The maximum absolute atomic E-state index is 12.2. The lowest BCUT2D eigenvalue weighted by Crippen LogP contribution is -2.41. The summed E-state index contributed by atoms with van der Waals surface area (Å²) >= 11 is 3.45. The minimum atomic E-state index is -0.496. The number of alkyl carbamates (subject to hydrolysis) is 1. The highest BCUT2D eigenvalue weighted by molar-refractivity contribution is 9.10. The Morgan fingerprint density at radius 1 is 1.41 bits per heavy atom. The maximum atomic E-state index is 12.2. The van der Waals surface area contributed by atoms with Gasteiger partial charge in [0.15, 0.2) is 0 Å². The molecule has 1 N–H and O–H groups in total. The summed E-state index contributed by atoms with van der Waals surface area (Å²) in [7, 11) is 1.67. The number of hydrogen-bond acceptors (Lipinski definition) is 5. The molecule has 0 radical (unpaired) electrons. The summed E-state index contributed by atoms with van der Waals surface area (Å²) in [6, 6.07) is 2.31. The Hall–Kier alpha value is -1.67. The molecule has 2 atom stereocenters. The van der Waals surface area contributed by atoms with Gasteiger partial charge in [0.05, 0.1) is 11.7 Å². The number of ether oxygens (including phenoxy) is 2. The summed E-state index contributed by atoms with van der Waals surface area (Å²) in [4.78, 5) is 21.1. The third-order valence-electron chi connectivity index (χ3n) is 4.62. The van der Waals surface area contributed by atoms with Gasteiger partial charge in [0.1, 0.15) is 28.2 Å². The summed E-state index contributed by atoms with van der Waals surface area (Å²) in [6.45, 7) is 6.05. The zero-order valence-electron chi connectivity index (χ0n) is 16.3. The van der Waals surface area contributed by atoms with Crippen molar-refractivity contribution in [3.8, 4) is 0 Å². The van der Waals surface area contributed by atoms with E-state index in [1.165, 1.54) is 0 Å². The van der Waals surface area contributed by atoms with Crippen molar-refractivity contribution in [2.45, 2.75) is 70.7 Å². The van der Waals surface area contributed by atoms with Crippen molar-refractivity contribution in [3.63, 3.8) is 0 Å². The molecule has 0 bridgehead atoms. The van der Waals surface area contributed by atoms with Gasteiger partial charge in [-0.25, -0.2) is 14.8 Å². The van der Waals surface area contributed by atoms with Crippen LogP contribution in [0.4, 0.5) is 4.79 Å². The van der Waals surface area contributed by atoms with Crippen LogP contribution in [0.3, 0.4) is 0 Å². The van der Waals surface area contributed by atoms with Gasteiger partial charge < -0.3 is 19.4 Å². The number of nitrogens with one attached hydrogen (secondary N) is 1. The van der Waals surface area contributed by atoms with Crippen LogP contribution in [-0.4, -0.2) is 39.4 Å². The molecule has 1 aliphatic rings. The van der Waals surface area contributed by atoms with Crippen molar-refractivity contribution in [1.82, 2.24) is 19.9 Å². The van der Waals surface area contributed by atoms with Gasteiger partial charge in [0.25, 0.3) is 0 Å². The fourth-order valence-corrected chi connectivity index (χ4v) is 3.99. The van der Waals surface area contributed by atoms with Crippen LogP contribution < -0.4 is 5.32 Å². The molecule has 2 heterocycles. The fraction of sp³-hybridized carbons (Fsp3) is 0.632. The van der Waals surface area contributed by atoms with Gasteiger partial charge in [-0.1, -0.05) is 0 Å². The molecule has 0 aliphatic heterocycles. The molecule has 1 amide bonds. The number of fused-ring (bicyclic) bond motifs is 1. The van der Waals surface area contributed by atoms with Gasteiger partial charge in [-0.3, -0.25) is 0 Å². The van der Waals surface area contributed by atoms with Crippen LogP contribution >= 0.6 is 15.9 Å². The minimum absolute atomic E-state index is 0.0803. The van der Waals surface area contributed by atoms with E-state index in [9.17, 15) is 4.79 Å². The Morgan fingerprint density at radius 2 is 2.19 bits per heavy atom. The molecule has 0 spiro atoms. The first kappa shape index (κ1) is 20.1. The standard InChI is InChI=1S/C19H27BrN4O3/c1-19(2,3)27-18(25)22-12-6-5-7-13(8-12)24-15-9-16(20)21-10-14(15)23-17(24)11-26-4/h9-10,12-13H,5-8,11H2,1-4H3,(H,22,25)/t12-,13+/m0/s1. The highest BCUT2D eigenvalue weighted by Crippen LogP contribution is 2.33. The largest absolute Gasteiger partial charge is 0.444 e. The third-order valence-corrected chi connectivity index (χ3v) is 5.06. The molecule has 2 aromatic rings. The molecule has 7 nitrogen and oxygen atoms in total. The Morgan fingerprint density at radius 3 is 2.89 bits per heavy atom. The Labute approximate surface area is 168 Å². The van der Waals surface area contributed by atoms with E-state index in [1.807, 2.05) is 26.8 Å². The zero-order valence-corrected chi connectivity index (χ0v) is 17.9. The van der Waals surface area contributed by atoms with Gasteiger partial charge in [-0.15, -0.1) is 0 Å². The van der Waals surface area contributed by atoms with Gasteiger partial charge >= 0.3 is 6.09 Å². The van der Waals surface area contributed by atoms with Crippen molar-refractivity contribution < 1.29 is 14.3 Å². The van der Waals surface area contributed by atoms with Crippen LogP contribution in [0.15, 0.2) is 16.9 Å². The van der Waals surface area contributed by atoms with Crippen molar-refractivity contribution in [3.05, 3.63) is 22.7 Å². The molecule has 3 rings (SSSR count). The Balaban J connectivity index is 1.82. The second kappa shape index (κ2) is 8.14.